The van der Waals surface area contributed by atoms with Crippen LogP contribution in [-0.4, -0.2) is 49.8 Å². The Morgan fingerprint density at radius 2 is 1.51 bits per heavy atom. The Bertz CT molecular complexity index is 1520. The number of aliphatic hydroxyl groups is 1. The standard InChI is InChI=1S/C24H19Cl2F3N2O5S/c25-13-1-7-20-17(9-13)18-10-14(26)2-8-21(18)31(20)22-12-35-11-19(23(22)32)30-37(33,34)16-5-3-15(4-6-16)36-24(27,28)29/h1-10,19,22-23,30,32H,11-12H2/t19-,22+,23+/m0/s1. The molecule has 1 aromatic heterocycles. The van der Waals surface area contributed by atoms with Crippen molar-refractivity contribution in [3.05, 3.63) is 70.7 Å². The monoisotopic (exact) mass is 574 g/mol. The van der Waals surface area contributed by atoms with E-state index in [0.29, 0.717) is 10.0 Å². The molecule has 1 fully saturated rings. The molecule has 13 heteroatoms. The number of nitrogens with one attached hydrogen (secondary N) is 1. The van der Waals surface area contributed by atoms with E-state index in [1.54, 1.807) is 36.4 Å². The van der Waals surface area contributed by atoms with Crippen LogP contribution in [0.5, 0.6) is 5.75 Å². The van der Waals surface area contributed by atoms with E-state index in [1.807, 2.05) is 4.57 Å². The van der Waals surface area contributed by atoms with E-state index in [0.717, 1.165) is 46.1 Å². The highest BCUT2D eigenvalue weighted by molar-refractivity contribution is 7.89. The van der Waals surface area contributed by atoms with Crippen LogP contribution in [0.15, 0.2) is 65.6 Å². The molecule has 0 aliphatic carbocycles. The van der Waals surface area contributed by atoms with Crippen molar-refractivity contribution in [3.8, 4) is 5.75 Å². The van der Waals surface area contributed by atoms with Crippen LogP contribution in [0.1, 0.15) is 6.04 Å². The molecule has 0 spiro atoms. The highest BCUT2D eigenvalue weighted by Gasteiger charge is 2.38. The number of benzene rings is 3. The first-order valence-electron chi connectivity index (χ1n) is 11.0. The molecule has 1 aliphatic rings. The molecule has 196 valence electrons. The quantitative estimate of drug-likeness (QED) is 0.338. The number of fused-ring (bicyclic) bond motifs is 3. The second-order valence-electron chi connectivity index (χ2n) is 8.54. The van der Waals surface area contributed by atoms with Gasteiger partial charge >= 0.3 is 6.36 Å². The van der Waals surface area contributed by atoms with Gasteiger partial charge in [0.1, 0.15) is 5.75 Å². The second-order valence-corrected chi connectivity index (χ2v) is 11.1. The van der Waals surface area contributed by atoms with Crippen molar-refractivity contribution in [1.82, 2.24) is 9.29 Å². The van der Waals surface area contributed by atoms with Crippen LogP contribution in [0.25, 0.3) is 21.8 Å². The van der Waals surface area contributed by atoms with Gasteiger partial charge in [-0.1, -0.05) is 23.2 Å². The van der Waals surface area contributed by atoms with Crippen LogP contribution in [0.2, 0.25) is 10.0 Å². The molecule has 7 nitrogen and oxygen atoms in total. The van der Waals surface area contributed by atoms with Crippen LogP contribution in [0.4, 0.5) is 13.2 Å². The predicted octanol–water partition coefficient (Wildman–Crippen LogP) is 5.28. The Balaban J connectivity index is 1.45. The number of hydrogen-bond donors (Lipinski definition) is 2. The maximum atomic E-state index is 13.0. The minimum absolute atomic E-state index is 0.104. The van der Waals surface area contributed by atoms with Crippen molar-refractivity contribution in [2.75, 3.05) is 13.2 Å². The fourth-order valence-electron chi connectivity index (χ4n) is 4.56. The molecule has 4 aromatic rings. The summed E-state index contributed by atoms with van der Waals surface area (Å²) in [6, 6.07) is 12.6. The molecular weight excluding hydrogens is 556 g/mol. The predicted molar refractivity (Wildman–Crippen MR) is 133 cm³/mol. The number of alkyl halides is 3. The number of aliphatic hydroxyl groups excluding tert-OH is 1. The van der Waals surface area contributed by atoms with Gasteiger partial charge in [-0.15, -0.1) is 13.2 Å². The van der Waals surface area contributed by atoms with Gasteiger partial charge in [0.05, 0.1) is 36.3 Å². The van der Waals surface area contributed by atoms with Gasteiger partial charge in [0.2, 0.25) is 10.0 Å². The maximum Gasteiger partial charge on any atom is 0.573 e. The largest absolute Gasteiger partial charge is 0.573 e. The molecular formula is C24H19Cl2F3N2O5S. The third-order valence-electron chi connectivity index (χ3n) is 6.12. The van der Waals surface area contributed by atoms with Gasteiger partial charge in [-0.05, 0) is 60.7 Å². The molecule has 2 N–H and O–H groups in total. The van der Waals surface area contributed by atoms with Gasteiger partial charge in [0.15, 0.2) is 0 Å². The van der Waals surface area contributed by atoms with Crippen LogP contribution in [-0.2, 0) is 14.8 Å². The van der Waals surface area contributed by atoms with Crippen molar-refractivity contribution < 1.29 is 36.2 Å². The summed E-state index contributed by atoms with van der Waals surface area (Å²) in [7, 11) is -4.21. The fourth-order valence-corrected chi connectivity index (χ4v) is 6.14. The second kappa shape index (κ2) is 9.64. The summed E-state index contributed by atoms with van der Waals surface area (Å²) in [4.78, 5) is -0.294. The summed E-state index contributed by atoms with van der Waals surface area (Å²) in [5.74, 6) is -0.556. The third-order valence-corrected chi connectivity index (χ3v) is 8.10. The number of rotatable bonds is 5. The average molecular weight is 575 g/mol. The van der Waals surface area contributed by atoms with E-state index in [-0.39, 0.29) is 18.1 Å². The number of hydrogen-bond acceptors (Lipinski definition) is 5. The number of ether oxygens (including phenoxy) is 2. The van der Waals surface area contributed by atoms with Crippen molar-refractivity contribution in [2.45, 2.75) is 29.4 Å². The Labute approximate surface area is 219 Å². The zero-order valence-electron chi connectivity index (χ0n) is 18.7. The molecule has 0 amide bonds. The van der Waals surface area contributed by atoms with E-state index in [4.69, 9.17) is 27.9 Å². The summed E-state index contributed by atoms with van der Waals surface area (Å²) in [5.41, 5.74) is 1.50. The Morgan fingerprint density at radius 3 is 2.05 bits per heavy atom. The first-order chi connectivity index (χ1) is 17.4. The molecule has 3 atom stereocenters. The normalized spacial score (nSPS) is 21.0. The summed E-state index contributed by atoms with van der Waals surface area (Å²) in [6.45, 7) is -0.00599. The van der Waals surface area contributed by atoms with Crippen LogP contribution in [0.3, 0.4) is 0 Å². The summed E-state index contributed by atoms with van der Waals surface area (Å²) in [6.07, 6.45) is -6.11. The van der Waals surface area contributed by atoms with Gasteiger partial charge < -0.3 is 19.1 Å². The van der Waals surface area contributed by atoms with Gasteiger partial charge in [0, 0.05) is 31.9 Å². The molecule has 0 radical (unpaired) electrons. The lowest BCUT2D eigenvalue weighted by Gasteiger charge is -2.36. The number of sulfonamides is 1. The van der Waals surface area contributed by atoms with E-state index in [1.165, 1.54) is 0 Å². The molecule has 0 unspecified atom stereocenters. The molecule has 37 heavy (non-hydrogen) atoms. The first kappa shape index (κ1) is 26.1. The van der Waals surface area contributed by atoms with Crippen LogP contribution in [0, 0.1) is 0 Å². The summed E-state index contributed by atoms with van der Waals surface area (Å²) < 4.78 is 76.9. The number of nitrogens with zero attached hydrogens (tertiary/aromatic N) is 1. The Kier molecular flexibility index (Phi) is 6.80. The molecule has 0 bridgehead atoms. The molecule has 0 saturated carbocycles. The maximum absolute atomic E-state index is 13.0. The smallest absolute Gasteiger partial charge is 0.406 e. The zero-order valence-corrected chi connectivity index (χ0v) is 21.1. The fraction of sp³-hybridized carbons (Fsp3) is 0.250. The van der Waals surface area contributed by atoms with Gasteiger partial charge in [-0.25, -0.2) is 13.1 Å². The Hall–Kier alpha value is -2.54. The van der Waals surface area contributed by atoms with Crippen molar-refractivity contribution >= 4 is 55.0 Å². The third kappa shape index (κ3) is 5.25. The highest BCUT2D eigenvalue weighted by atomic mass is 35.5. The van der Waals surface area contributed by atoms with Crippen molar-refractivity contribution in [2.24, 2.45) is 0 Å². The first-order valence-corrected chi connectivity index (χ1v) is 13.2. The lowest BCUT2D eigenvalue weighted by atomic mass is 10.0. The summed E-state index contributed by atoms with van der Waals surface area (Å²) in [5, 5.41) is 13.9. The molecule has 1 saturated heterocycles. The Morgan fingerprint density at radius 1 is 0.946 bits per heavy atom. The van der Waals surface area contributed by atoms with E-state index in [2.05, 4.69) is 9.46 Å². The molecule has 2 heterocycles. The summed E-state index contributed by atoms with van der Waals surface area (Å²) >= 11 is 12.4. The van der Waals surface area contributed by atoms with E-state index < -0.39 is 40.3 Å². The van der Waals surface area contributed by atoms with Crippen LogP contribution < -0.4 is 9.46 Å². The highest BCUT2D eigenvalue weighted by Crippen LogP contribution is 2.37. The lowest BCUT2D eigenvalue weighted by Crippen LogP contribution is -2.53. The number of halogens is 5. The molecule has 5 rings (SSSR count). The molecule has 3 aromatic carbocycles. The van der Waals surface area contributed by atoms with Crippen molar-refractivity contribution in [1.29, 1.82) is 0 Å². The van der Waals surface area contributed by atoms with Gasteiger partial charge in [0.25, 0.3) is 0 Å². The zero-order chi connectivity index (χ0) is 26.5. The van der Waals surface area contributed by atoms with E-state index in [9.17, 15) is 26.7 Å². The lowest BCUT2D eigenvalue weighted by molar-refractivity contribution is -0.274. The molecule has 1 aliphatic heterocycles. The van der Waals surface area contributed by atoms with E-state index >= 15 is 0 Å². The minimum atomic E-state index is -4.90. The van der Waals surface area contributed by atoms with Gasteiger partial charge in [-0.2, -0.15) is 0 Å². The topological polar surface area (TPSA) is 89.8 Å². The SMILES string of the molecule is O=S(=O)(N[C@H]1COC[C@@H](n2c3ccc(Cl)cc3c3cc(Cl)ccc32)[C@@H]1O)c1ccc(OC(F)(F)F)cc1. The minimum Gasteiger partial charge on any atom is -0.406 e. The number of aromatic nitrogens is 1. The van der Waals surface area contributed by atoms with Crippen LogP contribution >= 0.6 is 23.2 Å². The average Bonchev–Trinajstić information content (AvgIpc) is 3.12. The van der Waals surface area contributed by atoms with Crippen molar-refractivity contribution in [3.63, 3.8) is 0 Å². The van der Waals surface area contributed by atoms with Gasteiger partial charge in [-0.3, -0.25) is 0 Å².